The van der Waals surface area contributed by atoms with Crippen LogP contribution in [0.4, 0.5) is 0 Å². The maximum absolute atomic E-state index is 12.5. The van der Waals surface area contributed by atoms with Crippen molar-refractivity contribution < 1.29 is 8.42 Å². The van der Waals surface area contributed by atoms with Crippen LogP contribution in [0.5, 0.6) is 0 Å². The van der Waals surface area contributed by atoms with Crippen molar-refractivity contribution in [1.82, 2.24) is 14.6 Å². The molecule has 2 aliphatic heterocycles. The van der Waals surface area contributed by atoms with Crippen LogP contribution in [0.15, 0.2) is 10.4 Å². The summed E-state index contributed by atoms with van der Waals surface area (Å²) in [4.78, 5) is 4.04. The molecule has 0 aliphatic carbocycles. The highest BCUT2D eigenvalue weighted by molar-refractivity contribution is 7.91. The first-order valence-corrected chi connectivity index (χ1v) is 8.41. The van der Waals surface area contributed by atoms with Gasteiger partial charge in [-0.15, -0.1) is 11.3 Å². The first kappa shape index (κ1) is 12.5. The number of nitrogens with one attached hydrogen (secondary N) is 1. The van der Waals surface area contributed by atoms with Gasteiger partial charge in [0.15, 0.2) is 4.21 Å². The Kier molecular flexibility index (Phi) is 2.97. The number of sulfonamides is 1. The van der Waals surface area contributed by atoms with Gasteiger partial charge in [-0.05, 0) is 31.7 Å². The molecule has 2 saturated heterocycles. The summed E-state index contributed by atoms with van der Waals surface area (Å²) in [5.74, 6) is 0. The SMILES string of the molecule is Cc1ncc(S(=O)(=O)N2CCC3(CCNC3)C2)s1. The first-order valence-electron chi connectivity index (χ1n) is 6.15. The third kappa shape index (κ3) is 1.99. The highest BCUT2D eigenvalue weighted by Gasteiger charge is 2.44. The summed E-state index contributed by atoms with van der Waals surface area (Å²) >= 11 is 1.26. The standard InChI is InChI=1S/C11H17N3O2S2/c1-9-13-6-10(17-9)18(15,16)14-5-3-11(8-14)2-4-12-7-11/h6,12H,2-5,7-8H2,1H3. The van der Waals surface area contributed by atoms with Gasteiger partial charge in [0.05, 0.1) is 11.2 Å². The van der Waals surface area contributed by atoms with Gasteiger partial charge in [0, 0.05) is 19.6 Å². The van der Waals surface area contributed by atoms with Gasteiger partial charge in [-0.1, -0.05) is 0 Å². The van der Waals surface area contributed by atoms with Crippen LogP contribution in [-0.2, 0) is 10.0 Å². The molecular weight excluding hydrogens is 270 g/mol. The molecule has 0 amide bonds. The second-order valence-corrected chi connectivity index (χ2v) is 8.61. The monoisotopic (exact) mass is 287 g/mol. The first-order chi connectivity index (χ1) is 8.52. The Morgan fingerprint density at radius 2 is 2.33 bits per heavy atom. The lowest BCUT2D eigenvalue weighted by molar-refractivity contribution is 0.338. The van der Waals surface area contributed by atoms with Crippen molar-refractivity contribution >= 4 is 21.4 Å². The zero-order chi connectivity index (χ0) is 12.8. The molecule has 100 valence electrons. The third-order valence-electron chi connectivity index (χ3n) is 3.93. The third-order valence-corrected chi connectivity index (χ3v) is 7.12. The molecule has 1 N–H and O–H groups in total. The average Bonchev–Trinajstić information content (AvgIpc) is 3.02. The lowest BCUT2D eigenvalue weighted by Crippen LogP contribution is -2.33. The van der Waals surface area contributed by atoms with E-state index >= 15 is 0 Å². The van der Waals surface area contributed by atoms with Crippen LogP contribution in [0, 0.1) is 12.3 Å². The molecule has 0 radical (unpaired) electrons. The van der Waals surface area contributed by atoms with Crippen molar-refractivity contribution in [2.75, 3.05) is 26.2 Å². The molecule has 7 heteroatoms. The lowest BCUT2D eigenvalue weighted by Gasteiger charge is -2.22. The molecule has 1 atom stereocenters. The molecule has 2 fully saturated rings. The van der Waals surface area contributed by atoms with Crippen molar-refractivity contribution in [2.24, 2.45) is 5.41 Å². The number of thiazole rings is 1. The van der Waals surface area contributed by atoms with E-state index in [0.29, 0.717) is 17.3 Å². The number of rotatable bonds is 2. The summed E-state index contributed by atoms with van der Waals surface area (Å²) in [6.07, 6.45) is 3.53. The minimum absolute atomic E-state index is 0.173. The molecule has 1 aromatic rings. The highest BCUT2D eigenvalue weighted by Crippen LogP contribution is 2.38. The second kappa shape index (κ2) is 4.26. The predicted molar refractivity (Wildman–Crippen MR) is 70.1 cm³/mol. The van der Waals surface area contributed by atoms with Crippen molar-refractivity contribution in [1.29, 1.82) is 0 Å². The minimum atomic E-state index is -3.32. The minimum Gasteiger partial charge on any atom is -0.316 e. The molecule has 2 aliphatic rings. The second-order valence-electron chi connectivity index (χ2n) is 5.21. The summed E-state index contributed by atoms with van der Waals surface area (Å²) in [6, 6.07) is 0. The van der Waals surface area contributed by atoms with Crippen molar-refractivity contribution in [2.45, 2.75) is 24.0 Å². The van der Waals surface area contributed by atoms with E-state index in [1.165, 1.54) is 17.5 Å². The van der Waals surface area contributed by atoms with E-state index in [4.69, 9.17) is 0 Å². The Balaban J connectivity index is 1.83. The maximum atomic E-state index is 12.5. The van der Waals surface area contributed by atoms with Crippen LogP contribution in [0.25, 0.3) is 0 Å². The van der Waals surface area contributed by atoms with E-state index in [1.807, 2.05) is 6.92 Å². The fourth-order valence-electron chi connectivity index (χ4n) is 2.83. The van der Waals surface area contributed by atoms with Crippen LogP contribution in [0.3, 0.4) is 0 Å². The van der Waals surface area contributed by atoms with E-state index < -0.39 is 10.0 Å². The van der Waals surface area contributed by atoms with Crippen molar-refractivity contribution in [3.63, 3.8) is 0 Å². The smallest absolute Gasteiger partial charge is 0.254 e. The molecule has 1 unspecified atom stereocenters. The molecular formula is C11H17N3O2S2. The van der Waals surface area contributed by atoms with Crippen LogP contribution < -0.4 is 5.32 Å². The Hall–Kier alpha value is -0.500. The summed E-state index contributed by atoms with van der Waals surface area (Å²) in [6.45, 7) is 5.07. The molecule has 0 saturated carbocycles. The molecule has 0 bridgehead atoms. The van der Waals surface area contributed by atoms with E-state index in [0.717, 1.165) is 30.9 Å². The van der Waals surface area contributed by atoms with E-state index in [1.54, 1.807) is 4.31 Å². The summed E-state index contributed by atoms with van der Waals surface area (Å²) < 4.78 is 26.9. The van der Waals surface area contributed by atoms with E-state index in [2.05, 4.69) is 10.3 Å². The summed E-state index contributed by atoms with van der Waals surface area (Å²) in [5.41, 5.74) is 0.173. The van der Waals surface area contributed by atoms with Crippen molar-refractivity contribution in [3.05, 3.63) is 11.2 Å². The molecule has 3 rings (SSSR count). The summed E-state index contributed by atoms with van der Waals surface area (Å²) in [5, 5.41) is 4.14. The predicted octanol–water partition coefficient (Wildman–Crippen LogP) is 0.826. The van der Waals surface area contributed by atoms with Gasteiger partial charge in [0.1, 0.15) is 0 Å². The number of aromatic nitrogens is 1. The van der Waals surface area contributed by atoms with Gasteiger partial charge >= 0.3 is 0 Å². The Bertz CT molecular complexity index is 546. The maximum Gasteiger partial charge on any atom is 0.254 e. The number of aryl methyl sites for hydroxylation is 1. The molecule has 0 aromatic carbocycles. The highest BCUT2D eigenvalue weighted by atomic mass is 32.2. The fraction of sp³-hybridized carbons (Fsp3) is 0.727. The number of hydrogen-bond donors (Lipinski definition) is 1. The Morgan fingerprint density at radius 1 is 1.50 bits per heavy atom. The zero-order valence-corrected chi connectivity index (χ0v) is 12.0. The van der Waals surface area contributed by atoms with E-state index in [-0.39, 0.29) is 5.41 Å². The summed E-state index contributed by atoms with van der Waals surface area (Å²) in [7, 11) is -3.32. The largest absolute Gasteiger partial charge is 0.316 e. The molecule has 3 heterocycles. The van der Waals surface area contributed by atoms with Gasteiger partial charge in [-0.25, -0.2) is 13.4 Å². The van der Waals surface area contributed by atoms with Gasteiger partial charge < -0.3 is 5.32 Å². The number of nitrogens with zero attached hydrogens (tertiary/aromatic N) is 2. The Morgan fingerprint density at radius 3 is 2.94 bits per heavy atom. The fourth-order valence-corrected chi connectivity index (χ4v) is 5.65. The molecule has 18 heavy (non-hydrogen) atoms. The quantitative estimate of drug-likeness (QED) is 0.875. The van der Waals surface area contributed by atoms with Crippen LogP contribution in [0.1, 0.15) is 17.8 Å². The normalized spacial score (nSPS) is 29.4. The molecule has 5 nitrogen and oxygen atoms in total. The molecule has 1 spiro atoms. The van der Waals surface area contributed by atoms with Gasteiger partial charge in [-0.3, -0.25) is 0 Å². The Labute approximate surface area is 111 Å². The molecule has 1 aromatic heterocycles. The average molecular weight is 287 g/mol. The van der Waals surface area contributed by atoms with Gasteiger partial charge in [0.25, 0.3) is 10.0 Å². The van der Waals surface area contributed by atoms with Crippen LogP contribution in [0.2, 0.25) is 0 Å². The zero-order valence-electron chi connectivity index (χ0n) is 10.3. The van der Waals surface area contributed by atoms with Crippen molar-refractivity contribution in [3.8, 4) is 0 Å². The lowest BCUT2D eigenvalue weighted by atomic mass is 9.87. The van der Waals surface area contributed by atoms with Gasteiger partial charge in [0.2, 0.25) is 0 Å². The van der Waals surface area contributed by atoms with E-state index in [9.17, 15) is 8.42 Å². The van der Waals surface area contributed by atoms with Gasteiger partial charge in [-0.2, -0.15) is 4.31 Å². The topological polar surface area (TPSA) is 62.3 Å². The van der Waals surface area contributed by atoms with Crippen LogP contribution in [-0.4, -0.2) is 43.9 Å². The number of hydrogen-bond acceptors (Lipinski definition) is 5. The van der Waals surface area contributed by atoms with Crippen LogP contribution >= 0.6 is 11.3 Å².